The van der Waals surface area contributed by atoms with Crippen LogP contribution in [0.1, 0.15) is 18.1 Å². The van der Waals surface area contributed by atoms with Crippen LogP contribution in [0.25, 0.3) is 6.08 Å². The lowest BCUT2D eigenvalue weighted by Gasteiger charge is -2.48. The minimum atomic E-state index is -1.94. The Morgan fingerprint density at radius 2 is 1.38 bits per heavy atom. The number of hydrogen-bond donors (Lipinski definition) is 11. The van der Waals surface area contributed by atoms with Gasteiger partial charge in [-0.1, -0.05) is 12.1 Å². The Labute approximate surface area is 319 Å². The molecule has 56 heavy (non-hydrogen) atoms. The maximum absolute atomic E-state index is 13.2. The van der Waals surface area contributed by atoms with Crippen LogP contribution in [0.4, 0.5) is 0 Å². The van der Waals surface area contributed by atoms with E-state index in [4.69, 9.17) is 37.9 Å². The molecule has 15 atom stereocenters. The SMILES string of the molecule is COc1cc(C=CC(=O)O[C@H]2[C@H](O[C@@H]3O[C@@H](C)[C@H](O)[C@@H](O)[C@H]3O[C@@H]3O[C@H](CO)[C@H](O)[C@H](O)[C@H]3O)[C@@H](O)[C@H](OCCc3ccc(O)c(O)c3)O[C@@H]2CO)ccc1O. The lowest BCUT2D eigenvalue weighted by molar-refractivity contribution is -0.386. The summed E-state index contributed by atoms with van der Waals surface area (Å²) < 4.78 is 45.5. The van der Waals surface area contributed by atoms with Crippen molar-refractivity contribution in [1.82, 2.24) is 0 Å². The number of rotatable bonds is 14. The van der Waals surface area contributed by atoms with Crippen LogP contribution in [-0.4, -0.2) is 181 Å². The van der Waals surface area contributed by atoms with Crippen molar-refractivity contribution in [1.29, 1.82) is 0 Å². The molecule has 3 saturated heterocycles. The van der Waals surface area contributed by atoms with Crippen molar-refractivity contribution in [2.24, 2.45) is 0 Å². The van der Waals surface area contributed by atoms with Gasteiger partial charge in [0, 0.05) is 6.08 Å². The monoisotopic (exact) mass is 800 g/mol. The van der Waals surface area contributed by atoms with E-state index < -0.39 is 111 Å². The molecule has 2 aromatic carbocycles. The van der Waals surface area contributed by atoms with Gasteiger partial charge in [0.05, 0.1) is 33.0 Å². The van der Waals surface area contributed by atoms with E-state index in [1.54, 1.807) is 0 Å². The van der Waals surface area contributed by atoms with Crippen molar-refractivity contribution in [2.45, 2.75) is 105 Å². The third kappa shape index (κ3) is 9.86. The third-order valence-electron chi connectivity index (χ3n) is 9.59. The molecule has 3 heterocycles. The zero-order valence-corrected chi connectivity index (χ0v) is 30.2. The van der Waals surface area contributed by atoms with Gasteiger partial charge in [0.25, 0.3) is 0 Å². The van der Waals surface area contributed by atoms with Gasteiger partial charge in [-0.05, 0) is 54.8 Å². The molecule has 0 aliphatic carbocycles. The van der Waals surface area contributed by atoms with Crippen LogP contribution in [0, 0.1) is 0 Å². The Morgan fingerprint density at radius 3 is 2.05 bits per heavy atom. The summed E-state index contributed by atoms with van der Waals surface area (Å²) in [5.41, 5.74) is 0.955. The minimum Gasteiger partial charge on any atom is -0.504 e. The van der Waals surface area contributed by atoms with Crippen LogP contribution < -0.4 is 4.74 Å². The van der Waals surface area contributed by atoms with Crippen molar-refractivity contribution in [3.05, 3.63) is 53.6 Å². The lowest BCUT2D eigenvalue weighted by atomic mass is 9.96. The second kappa shape index (κ2) is 19.2. The number of ether oxygens (including phenoxy) is 8. The van der Waals surface area contributed by atoms with Gasteiger partial charge in [0.1, 0.15) is 61.0 Å². The van der Waals surface area contributed by atoms with E-state index in [-0.39, 0.29) is 36.0 Å². The Kier molecular flexibility index (Phi) is 14.9. The summed E-state index contributed by atoms with van der Waals surface area (Å²) in [6.07, 6.45) is -22.7. The van der Waals surface area contributed by atoms with Crippen LogP contribution in [0.3, 0.4) is 0 Å². The van der Waals surface area contributed by atoms with Crippen molar-refractivity contribution in [3.8, 4) is 23.0 Å². The van der Waals surface area contributed by atoms with Crippen LogP contribution in [-0.2, 0) is 44.4 Å². The predicted octanol–water partition coefficient (Wildman–Crippen LogP) is -2.89. The lowest BCUT2D eigenvalue weighted by Crippen LogP contribution is -2.66. The number of aromatic hydroxyl groups is 3. The molecule has 312 valence electrons. The average molecular weight is 801 g/mol. The van der Waals surface area contributed by atoms with Crippen molar-refractivity contribution in [3.63, 3.8) is 0 Å². The topological polar surface area (TPSA) is 313 Å². The first-order chi connectivity index (χ1) is 26.7. The summed E-state index contributed by atoms with van der Waals surface area (Å²) in [6, 6.07) is 8.35. The molecule has 0 saturated carbocycles. The van der Waals surface area contributed by atoms with Crippen molar-refractivity contribution in [2.75, 3.05) is 26.9 Å². The first-order valence-electron chi connectivity index (χ1n) is 17.6. The molecular weight excluding hydrogens is 752 g/mol. The second-order valence-electron chi connectivity index (χ2n) is 13.4. The number of phenolic OH excluding ortho intramolecular Hbond substituents is 3. The molecule has 0 radical (unpaired) electrons. The molecule has 2 aromatic rings. The van der Waals surface area contributed by atoms with E-state index in [2.05, 4.69) is 0 Å². The molecule has 0 amide bonds. The summed E-state index contributed by atoms with van der Waals surface area (Å²) in [7, 11) is 1.34. The molecule has 3 aliphatic heterocycles. The summed E-state index contributed by atoms with van der Waals surface area (Å²) in [5.74, 6) is -1.74. The maximum Gasteiger partial charge on any atom is 0.331 e. The number of methoxy groups -OCH3 is 1. The maximum atomic E-state index is 13.2. The van der Waals surface area contributed by atoms with Crippen LogP contribution >= 0.6 is 0 Å². The zero-order valence-electron chi connectivity index (χ0n) is 30.2. The van der Waals surface area contributed by atoms with Crippen LogP contribution in [0.15, 0.2) is 42.5 Å². The Morgan fingerprint density at radius 1 is 0.696 bits per heavy atom. The molecule has 3 aliphatic rings. The number of hydrogen-bond acceptors (Lipinski definition) is 20. The van der Waals surface area contributed by atoms with E-state index in [0.717, 1.165) is 6.08 Å². The van der Waals surface area contributed by atoms with Gasteiger partial charge < -0.3 is 94.1 Å². The molecule has 0 bridgehead atoms. The summed E-state index contributed by atoms with van der Waals surface area (Å²) in [4.78, 5) is 13.2. The summed E-state index contributed by atoms with van der Waals surface area (Å²) in [5, 5.41) is 114. The van der Waals surface area contributed by atoms with Gasteiger partial charge in [0.2, 0.25) is 0 Å². The number of benzene rings is 2. The smallest absolute Gasteiger partial charge is 0.331 e. The highest BCUT2D eigenvalue weighted by molar-refractivity contribution is 5.87. The Balaban J connectivity index is 1.41. The normalized spacial score (nSPS) is 36.4. The fourth-order valence-electron chi connectivity index (χ4n) is 6.38. The Hall–Kier alpha value is -3.71. The van der Waals surface area contributed by atoms with Gasteiger partial charge in [0.15, 0.2) is 48.0 Å². The zero-order chi connectivity index (χ0) is 40.8. The number of esters is 1. The van der Waals surface area contributed by atoms with Gasteiger partial charge in [-0.15, -0.1) is 0 Å². The Bertz CT molecular complexity index is 1620. The molecule has 3 fully saturated rings. The van der Waals surface area contributed by atoms with E-state index in [9.17, 15) is 61.0 Å². The average Bonchev–Trinajstić information content (AvgIpc) is 3.18. The van der Waals surface area contributed by atoms with E-state index in [1.807, 2.05) is 0 Å². The molecule has 5 rings (SSSR count). The fourth-order valence-corrected chi connectivity index (χ4v) is 6.38. The standard InChI is InChI=1S/C36H48O20/c1-15-25(43)28(46)33(56-35-29(47)27(45)26(44)22(13-37)52-35)36(51-15)55-32-30(48)34(50-10-9-17-3-6-18(39)20(41)11-17)53-23(14-38)31(32)54-24(42)8-5-16-4-7-19(40)21(12-16)49-2/h3-8,11-12,15,22-23,25-41,43-48H,9-10,13-14H2,1-2H3/t15-,22+,23+,25-,26-,27-,28+,29+,30+,31+,32+,33+,34+,35-,36-/m0/s1. The third-order valence-corrected chi connectivity index (χ3v) is 9.59. The summed E-state index contributed by atoms with van der Waals surface area (Å²) in [6.45, 7) is -0.394. The number of phenols is 3. The predicted molar refractivity (Wildman–Crippen MR) is 185 cm³/mol. The van der Waals surface area contributed by atoms with E-state index >= 15 is 0 Å². The molecule has 11 N–H and O–H groups in total. The largest absolute Gasteiger partial charge is 0.504 e. The van der Waals surface area contributed by atoms with Gasteiger partial charge >= 0.3 is 5.97 Å². The highest BCUT2D eigenvalue weighted by Crippen LogP contribution is 2.35. The van der Waals surface area contributed by atoms with Crippen molar-refractivity contribution < 1.29 is 98.9 Å². The highest BCUT2D eigenvalue weighted by Gasteiger charge is 2.54. The first-order valence-corrected chi connectivity index (χ1v) is 17.6. The van der Waals surface area contributed by atoms with Crippen molar-refractivity contribution >= 4 is 12.0 Å². The molecule has 0 unspecified atom stereocenters. The van der Waals surface area contributed by atoms with Gasteiger partial charge in [-0.2, -0.15) is 0 Å². The van der Waals surface area contributed by atoms with Gasteiger partial charge in [-0.25, -0.2) is 4.79 Å². The number of aliphatic hydroxyl groups is 8. The van der Waals surface area contributed by atoms with Crippen LogP contribution in [0.2, 0.25) is 0 Å². The van der Waals surface area contributed by atoms with E-state index in [0.29, 0.717) is 11.1 Å². The number of carbonyl (C=O) groups excluding carboxylic acids is 1. The quantitative estimate of drug-likeness (QED) is 0.0519. The minimum absolute atomic E-state index is 0.126. The second-order valence-corrected chi connectivity index (χ2v) is 13.4. The molecular formula is C36H48O20. The molecule has 20 nitrogen and oxygen atoms in total. The molecule has 0 spiro atoms. The molecule has 20 heteroatoms. The summed E-state index contributed by atoms with van der Waals surface area (Å²) >= 11 is 0. The fraction of sp³-hybridized carbons (Fsp3) is 0.583. The highest BCUT2D eigenvalue weighted by atomic mass is 16.8. The van der Waals surface area contributed by atoms with Crippen LogP contribution in [0.5, 0.6) is 23.0 Å². The molecule has 0 aromatic heterocycles. The number of aliphatic hydroxyl groups excluding tert-OH is 8. The van der Waals surface area contributed by atoms with E-state index in [1.165, 1.54) is 56.5 Å². The van der Waals surface area contributed by atoms with Gasteiger partial charge in [-0.3, -0.25) is 0 Å². The first kappa shape index (κ1) is 43.4. The number of carbonyl (C=O) groups is 1.